The Morgan fingerprint density at radius 2 is 2.29 bits per heavy atom. The Morgan fingerprint density at radius 3 is 2.64 bits per heavy atom. The average Bonchev–Trinajstić information content (AvgIpc) is 2.48. The van der Waals surface area contributed by atoms with Crippen LogP contribution in [-0.2, 0) is 0 Å². The number of hydrogen-bond acceptors (Lipinski definition) is 4. The van der Waals surface area contributed by atoms with Crippen molar-refractivity contribution in [3.63, 3.8) is 0 Å². The maximum Gasteiger partial charge on any atom is 0.277 e. The molecule has 0 unspecified atom stereocenters. The van der Waals surface area contributed by atoms with Crippen LogP contribution in [0.1, 0.15) is 42.2 Å². The SMILES string of the molecule is C[C@@H](c1csc(C(N)=O)n1)C(C)(C)O. The lowest BCUT2D eigenvalue weighted by molar-refractivity contribution is 0.0546. The fourth-order valence-electron chi connectivity index (χ4n) is 0.960. The zero-order valence-corrected chi connectivity index (χ0v) is 9.26. The molecule has 0 radical (unpaired) electrons. The molecular formula is C9H14N2O2S. The lowest BCUT2D eigenvalue weighted by Crippen LogP contribution is -2.27. The zero-order chi connectivity index (χ0) is 10.9. The van der Waals surface area contributed by atoms with E-state index in [1.807, 2.05) is 6.92 Å². The number of carbonyl (C=O) groups is 1. The first-order valence-corrected chi connectivity index (χ1v) is 5.18. The molecule has 78 valence electrons. The van der Waals surface area contributed by atoms with E-state index in [0.717, 1.165) is 0 Å². The van der Waals surface area contributed by atoms with E-state index in [1.54, 1.807) is 19.2 Å². The summed E-state index contributed by atoms with van der Waals surface area (Å²) in [5.74, 6) is -0.643. The van der Waals surface area contributed by atoms with Gasteiger partial charge in [-0.25, -0.2) is 4.98 Å². The van der Waals surface area contributed by atoms with Gasteiger partial charge in [0.2, 0.25) is 0 Å². The smallest absolute Gasteiger partial charge is 0.277 e. The predicted octanol–water partition coefficient (Wildman–Crippen LogP) is 1.12. The first-order valence-electron chi connectivity index (χ1n) is 4.30. The van der Waals surface area contributed by atoms with Crippen molar-refractivity contribution >= 4 is 17.2 Å². The number of primary amides is 1. The van der Waals surface area contributed by atoms with E-state index in [-0.39, 0.29) is 10.9 Å². The molecule has 0 bridgehead atoms. The summed E-state index contributed by atoms with van der Waals surface area (Å²) in [6, 6.07) is 0. The number of nitrogens with two attached hydrogens (primary N) is 1. The number of thiazole rings is 1. The Hall–Kier alpha value is -0.940. The van der Waals surface area contributed by atoms with Crippen molar-refractivity contribution in [2.45, 2.75) is 32.3 Å². The quantitative estimate of drug-likeness (QED) is 0.791. The molecule has 0 saturated heterocycles. The number of aliphatic hydroxyl groups is 1. The normalized spacial score (nSPS) is 14.0. The number of nitrogens with zero attached hydrogens (tertiary/aromatic N) is 1. The molecular weight excluding hydrogens is 200 g/mol. The van der Waals surface area contributed by atoms with Crippen LogP contribution in [0.2, 0.25) is 0 Å². The molecule has 3 N–H and O–H groups in total. The fourth-order valence-corrected chi connectivity index (χ4v) is 1.72. The van der Waals surface area contributed by atoms with Crippen LogP contribution >= 0.6 is 11.3 Å². The second-order valence-electron chi connectivity index (χ2n) is 3.82. The van der Waals surface area contributed by atoms with Crippen LogP contribution in [0.5, 0.6) is 0 Å². The minimum absolute atomic E-state index is 0.119. The molecule has 1 aromatic rings. The summed E-state index contributed by atoms with van der Waals surface area (Å²) < 4.78 is 0. The van der Waals surface area contributed by atoms with Crippen LogP contribution in [0.25, 0.3) is 0 Å². The summed E-state index contributed by atoms with van der Waals surface area (Å²) in [6.07, 6.45) is 0. The third-order valence-electron chi connectivity index (χ3n) is 2.24. The summed E-state index contributed by atoms with van der Waals surface area (Å²) in [5.41, 5.74) is 4.94. The number of amides is 1. The summed E-state index contributed by atoms with van der Waals surface area (Å²) in [7, 11) is 0. The van der Waals surface area contributed by atoms with E-state index in [9.17, 15) is 9.90 Å². The van der Waals surface area contributed by atoms with Crippen LogP contribution in [0.4, 0.5) is 0 Å². The van der Waals surface area contributed by atoms with E-state index in [4.69, 9.17) is 5.73 Å². The molecule has 14 heavy (non-hydrogen) atoms. The summed E-state index contributed by atoms with van der Waals surface area (Å²) in [5, 5.41) is 11.8. The molecule has 1 aromatic heterocycles. The Labute approximate surface area is 86.8 Å². The maximum absolute atomic E-state index is 10.8. The van der Waals surface area contributed by atoms with Crippen LogP contribution in [0, 0.1) is 0 Å². The van der Waals surface area contributed by atoms with Crippen molar-refractivity contribution in [2.75, 3.05) is 0 Å². The lowest BCUT2D eigenvalue weighted by Gasteiger charge is -2.23. The molecule has 5 heteroatoms. The number of rotatable bonds is 3. The fraction of sp³-hybridized carbons (Fsp3) is 0.556. The molecule has 1 atom stereocenters. The number of carbonyl (C=O) groups excluding carboxylic acids is 1. The molecule has 0 aromatic carbocycles. The highest BCUT2D eigenvalue weighted by atomic mass is 32.1. The predicted molar refractivity (Wildman–Crippen MR) is 55.3 cm³/mol. The Balaban J connectivity index is 2.92. The van der Waals surface area contributed by atoms with E-state index in [0.29, 0.717) is 5.69 Å². The van der Waals surface area contributed by atoms with Gasteiger partial charge < -0.3 is 10.8 Å². The van der Waals surface area contributed by atoms with Gasteiger partial charge in [-0.15, -0.1) is 11.3 Å². The minimum atomic E-state index is -0.844. The Morgan fingerprint density at radius 1 is 1.71 bits per heavy atom. The third-order valence-corrected chi connectivity index (χ3v) is 3.11. The summed E-state index contributed by atoms with van der Waals surface area (Å²) in [4.78, 5) is 14.9. The highest BCUT2D eigenvalue weighted by Crippen LogP contribution is 2.27. The van der Waals surface area contributed by atoms with Gasteiger partial charge in [0, 0.05) is 11.3 Å². The van der Waals surface area contributed by atoms with Gasteiger partial charge in [0.1, 0.15) is 0 Å². The largest absolute Gasteiger partial charge is 0.390 e. The molecule has 0 fully saturated rings. The summed E-state index contributed by atoms with van der Waals surface area (Å²) >= 11 is 1.21. The second kappa shape index (κ2) is 3.67. The Kier molecular flexibility index (Phi) is 2.92. The van der Waals surface area contributed by atoms with E-state index >= 15 is 0 Å². The second-order valence-corrected chi connectivity index (χ2v) is 4.68. The van der Waals surface area contributed by atoms with Crippen LogP contribution in [0.15, 0.2) is 5.38 Å². The van der Waals surface area contributed by atoms with Crippen molar-refractivity contribution in [1.82, 2.24) is 4.98 Å². The van der Waals surface area contributed by atoms with E-state index < -0.39 is 11.5 Å². The Bertz CT molecular complexity index is 341. The van der Waals surface area contributed by atoms with Crippen LogP contribution in [0.3, 0.4) is 0 Å². The maximum atomic E-state index is 10.8. The van der Waals surface area contributed by atoms with Crippen LogP contribution < -0.4 is 5.73 Å². The van der Waals surface area contributed by atoms with Gasteiger partial charge in [-0.3, -0.25) is 4.79 Å². The van der Waals surface area contributed by atoms with Crippen molar-refractivity contribution in [1.29, 1.82) is 0 Å². The van der Waals surface area contributed by atoms with Crippen molar-refractivity contribution in [3.05, 3.63) is 16.1 Å². The van der Waals surface area contributed by atoms with Gasteiger partial charge in [0.25, 0.3) is 5.91 Å². The van der Waals surface area contributed by atoms with Gasteiger partial charge in [-0.1, -0.05) is 6.92 Å². The third kappa shape index (κ3) is 2.30. The van der Waals surface area contributed by atoms with Crippen molar-refractivity contribution in [2.24, 2.45) is 5.73 Å². The molecule has 4 nitrogen and oxygen atoms in total. The van der Waals surface area contributed by atoms with E-state index in [1.165, 1.54) is 11.3 Å². The number of hydrogen-bond donors (Lipinski definition) is 2. The first-order chi connectivity index (χ1) is 6.32. The minimum Gasteiger partial charge on any atom is -0.390 e. The highest BCUT2D eigenvalue weighted by Gasteiger charge is 2.26. The molecule has 0 aliphatic heterocycles. The van der Waals surface area contributed by atoms with Crippen LogP contribution in [-0.4, -0.2) is 21.6 Å². The molecule has 0 spiro atoms. The lowest BCUT2D eigenvalue weighted by atomic mass is 9.91. The van der Waals surface area contributed by atoms with Gasteiger partial charge in [0.15, 0.2) is 5.01 Å². The topological polar surface area (TPSA) is 76.2 Å². The monoisotopic (exact) mass is 214 g/mol. The van der Waals surface area contributed by atoms with Crippen molar-refractivity contribution in [3.8, 4) is 0 Å². The molecule has 1 heterocycles. The molecule has 1 rings (SSSR count). The first kappa shape index (κ1) is 11.1. The number of aromatic nitrogens is 1. The van der Waals surface area contributed by atoms with Gasteiger partial charge >= 0.3 is 0 Å². The summed E-state index contributed by atoms with van der Waals surface area (Å²) in [6.45, 7) is 5.28. The van der Waals surface area contributed by atoms with E-state index in [2.05, 4.69) is 4.98 Å². The standard InChI is InChI=1S/C9H14N2O2S/c1-5(9(2,3)13)6-4-14-8(11-6)7(10)12/h4-5,13H,1-3H3,(H2,10,12)/t5-/m0/s1. The zero-order valence-electron chi connectivity index (χ0n) is 8.44. The van der Waals surface area contributed by atoms with Gasteiger partial charge in [-0.2, -0.15) is 0 Å². The average molecular weight is 214 g/mol. The molecule has 0 aliphatic carbocycles. The van der Waals surface area contributed by atoms with Gasteiger partial charge in [-0.05, 0) is 13.8 Å². The molecule has 0 aliphatic rings. The molecule has 0 saturated carbocycles. The molecule has 1 amide bonds. The highest BCUT2D eigenvalue weighted by molar-refractivity contribution is 7.11. The van der Waals surface area contributed by atoms with Crippen molar-refractivity contribution < 1.29 is 9.90 Å². The van der Waals surface area contributed by atoms with Gasteiger partial charge in [0.05, 0.1) is 11.3 Å².